The van der Waals surface area contributed by atoms with Crippen LogP contribution in [0.25, 0.3) is 22.3 Å². The highest BCUT2D eigenvalue weighted by atomic mass is 16.5. The highest BCUT2D eigenvalue weighted by Crippen LogP contribution is 2.33. The van der Waals surface area contributed by atoms with Crippen molar-refractivity contribution in [2.75, 3.05) is 25.5 Å². The van der Waals surface area contributed by atoms with Crippen LogP contribution >= 0.6 is 0 Å². The Morgan fingerprint density at radius 1 is 1.03 bits per heavy atom. The van der Waals surface area contributed by atoms with Gasteiger partial charge in [0.2, 0.25) is 0 Å². The zero-order valence-corrected chi connectivity index (χ0v) is 19.9. The van der Waals surface area contributed by atoms with Crippen molar-refractivity contribution in [2.45, 2.75) is 13.3 Å². The van der Waals surface area contributed by atoms with Gasteiger partial charge in [-0.25, -0.2) is 24.5 Å². The predicted octanol–water partition coefficient (Wildman–Crippen LogP) is 4.30. The normalized spacial score (nSPS) is 13.6. The van der Waals surface area contributed by atoms with Gasteiger partial charge in [-0.2, -0.15) is 5.10 Å². The number of hydrogen-bond donors (Lipinski definition) is 2. The third kappa shape index (κ3) is 4.18. The smallest absolute Gasteiger partial charge is 0.160 e. The summed E-state index contributed by atoms with van der Waals surface area (Å²) in [7, 11) is 1.66. The van der Waals surface area contributed by atoms with E-state index in [1.54, 1.807) is 11.6 Å². The van der Waals surface area contributed by atoms with Crippen molar-refractivity contribution in [2.24, 2.45) is 0 Å². The molecule has 6 rings (SSSR count). The summed E-state index contributed by atoms with van der Waals surface area (Å²) in [5.41, 5.74) is 5.94. The molecular weight excluding hydrogens is 456 g/mol. The minimum atomic E-state index is 0.628. The molecule has 0 atom stereocenters. The number of benzene rings is 1. The lowest BCUT2D eigenvalue weighted by Gasteiger charge is -2.17. The molecule has 0 spiro atoms. The minimum absolute atomic E-state index is 0.628. The molecule has 0 radical (unpaired) electrons. The first-order valence-corrected chi connectivity index (χ1v) is 11.6. The standard InChI is InChI=1S/C26H24N8O2/c1-16-11-18(3-4-21(16)36-19-7-10-34-23(12-19)29-15-31-34)32-26-25-20(28-14-30-26)13-22(35-2)24(33-25)17-5-8-27-9-6-17/h3-5,7,10-15,27H,6,8-9H2,1-2H3,(H,28,30,32). The number of ether oxygens (including phenoxy) is 2. The summed E-state index contributed by atoms with van der Waals surface area (Å²) in [6, 6.07) is 11.5. The van der Waals surface area contributed by atoms with Crippen molar-refractivity contribution in [1.82, 2.24) is 34.9 Å². The summed E-state index contributed by atoms with van der Waals surface area (Å²) in [6.07, 6.45) is 7.90. The molecule has 5 heterocycles. The molecule has 180 valence electrons. The Labute approximate surface area is 207 Å². The number of pyridine rings is 2. The van der Waals surface area contributed by atoms with Crippen LogP contribution in [0.5, 0.6) is 17.2 Å². The zero-order chi connectivity index (χ0) is 24.5. The zero-order valence-electron chi connectivity index (χ0n) is 19.9. The monoisotopic (exact) mass is 480 g/mol. The summed E-state index contributed by atoms with van der Waals surface area (Å²) >= 11 is 0. The fourth-order valence-electron chi connectivity index (χ4n) is 4.25. The molecule has 36 heavy (non-hydrogen) atoms. The Morgan fingerprint density at radius 3 is 2.81 bits per heavy atom. The number of aryl methyl sites for hydroxylation is 1. The van der Waals surface area contributed by atoms with Crippen molar-refractivity contribution in [3.8, 4) is 17.2 Å². The lowest BCUT2D eigenvalue weighted by atomic mass is 10.0. The number of aromatic nitrogens is 6. The van der Waals surface area contributed by atoms with Crippen molar-refractivity contribution in [3.63, 3.8) is 0 Å². The first-order valence-electron chi connectivity index (χ1n) is 11.6. The predicted molar refractivity (Wildman–Crippen MR) is 137 cm³/mol. The van der Waals surface area contributed by atoms with Crippen molar-refractivity contribution in [3.05, 3.63) is 72.6 Å². The third-order valence-corrected chi connectivity index (χ3v) is 6.08. The topological polar surface area (TPSA) is 111 Å². The molecule has 0 saturated carbocycles. The van der Waals surface area contributed by atoms with Crippen molar-refractivity contribution >= 4 is 33.8 Å². The molecule has 5 aromatic rings. The van der Waals surface area contributed by atoms with Crippen molar-refractivity contribution < 1.29 is 9.47 Å². The summed E-state index contributed by atoms with van der Waals surface area (Å²) in [4.78, 5) is 18.0. The van der Waals surface area contributed by atoms with Gasteiger partial charge < -0.3 is 20.1 Å². The molecule has 0 saturated heterocycles. The lowest BCUT2D eigenvalue weighted by Crippen LogP contribution is -2.20. The molecule has 1 aliphatic heterocycles. The van der Waals surface area contributed by atoms with E-state index < -0.39 is 0 Å². The van der Waals surface area contributed by atoms with E-state index in [1.165, 1.54) is 12.7 Å². The van der Waals surface area contributed by atoms with Gasteiger partial charge in [0.1, 0.15) is 41.1 Å². The van der Waals surface area contributed by atoms with Crippen LogP contribution in [0, 0.1) is 6.92 Å². The number of nitrogens with one attached hydrogen (secondary N) is 2. The van der Waals surface area contributed by atoms with E-state index in [4.69, 9.17) is 14.5 Å². The lowest BCUT2D eigenvalue weighted by molar-refractivity contribution is 0.412. The van der Waals surface area contributed by atoms with E-state index in [1.807, 2.05) is 49.5 Å². The Hall–Kier alpha value is -4.57. The summed E-state index contributed by atoms with van der Waals surface area (Å²) in [6.45, 7) is 3.72. The van der Waals surface area contributed by atoms with E-state index in [0.717, 1.165) is 53.4 Å². The second-order valence-corrected chi connectivity index (χ2v) is 8.45. The maximum atomic E-state index is 6.10. The van der Waals surface area contributed by atoms with Crippen LogP contribution in [0.1, 0.15) is 17.7 Å². The van der Waals surface area contributed by atoms with E-state index in [-0.39, 0.29) is 0 Å². The third-order valence-electron chi connectivity index (χ3n) is 6.08. The van der Waals surface area contributed by atoms with Gasteiger partial charge in [0.15, 0.2) is 11.5 Å². The Bertz CT molecular complexity index is 1610. The number of rotatable bonds is 6. The second-order valence-electron chi connectivity index (χ2n) is 8.45. The molecule has 1 aromatic carbocycles. The molecule has 0 aliphatic carbocycles. The van der Waals surface area contributed by atoms with E-state index in [0.29, 0.717) is 28.4 Å². The molecule has 0 amide bonds. The molecular formula is C26H24N8O2. The molecule has 10 heteroatoms. The minimum Gasteiger partial charge on any atom is -0.494 e. The highest BCUT2D eigenvalue weighted by molar-refractivity contribution is 5.90. The Kier molecular flexibility index (Phi) is 5.62. The molecule has 2 N–H and O–H groups in total. The van der Waals surface area contributed by atoms with Gasteiger partial charge in [0, 0.05) is 30.6 Å². The van der Waals surface area contributed by atoms with Crippen molar-refractivity contribution in [1.29, 1.82) is 0 Å². The van der Waals surface area contributed by atoms with Gasteiger partial charge in [0.05, 0.1) is 12.6 Å². The van der Waals surface area contributed by atoms with Crippen LogP contribution in [0.15, 0.2) is 61.3 Å². The second kappa shape index (κ2) is 9.23. The summed E-state index contributed by atoms with van der Waals surface area (Å²) in [5.74, 6) is 2.78. The number of nitrogens with zero attached hydrogens (tertiary/aromatic N) is 6. The van der Waals surface area contributed by atoms with Crippen LogP contribution in [-0.2, 0) is 0 Å². The Morgan fingerprint density at radius 2 is 1.97 bits per heavy atom. The van der Waals surface area contributed by atoms with Crippen LogP contribution < -0.4 is 20.1 Å². The number of hydrogen-bond acceptors (Lipinski definition) is 9. The molecule has 4 aromatic heterocycles. The SMILES string of the molecule is COc1cc2ncnc(Nc3ccc(Oc4ccn5ncnc5c4)c(C)c3)c2nc1C1=CCNCC1. The van der Waals surface area contributed by atoms with E-state index >= 15 is 0 Å². The maximum Gasteiger partial charge on any atom is 0.160 e. The van der Waals surface area contributed by atoms with E-state index in [9.17, 15) is 0 Å². The van der Waals surface area contributed by atoms with Gasteiger partial charge in [-0.1, -0.05) is 6.08 Å². The van der Waals surface area contributed by atoms with Gasteiger partial charge >= 0.3 is 0 Å². The number of fused-ring (bicyclic) bond motifs is 2. The summed E-state index contributed by atoms with van der Waals surface area (Å²) in [5, 5.41) is 10.9. The first-order chi connectivity index (χ1) is 17.7. The average Bonchev–Trinajstić information content (AvgIpc) is 3.38. The number of anilines is 2. The highest BCUT2D eigenvalue weighted by Gasteiger charge is 2.17. The van der Waals surface area contributed by atoms with Crippen LogP contribution in [0.4, 0.5) is 11.5 Å². The summed E-state index contributed by atoms with van der Waals surface area (Å²) < 4.78 is 13.4. The number of methoxy groups -OCH3 is 1. The van der Waals surface area contributed by atoms with Gasteiger partial charge in [-0.05, 0) is 55.3 Å². The van der Waals surface area contributed by atoms with Crippen LogP contribution in [0.3, 0.4) is 0 Å². The molecule has 0 unspecified atom stereocenters. The first kappa shape index (κ1) is 21.9. The molecule has 1 aliphatic rings. The van der Waals surface area contributed by atoms with Gasteiger partial charge in [0.25, 0.3) is 0 Å². The average molecular weight is 481 g/mol. The fourth-order valence-corrected chi connectivity index (χ4v) is 4.25. The van der Waals surface area contributed by atoms with E-state index in [2.05, 4.69) is 36.8 Å². The van der Waals surface area contributed by atoms with Crippen LogP contribution in [-0.4, -0.2) is 49.7 Å². The molecule has 0 fully saturated rings. The molecule has 0 bridgehead atoms. The molecule has 10 nitrogen and oxygen atoms in total. The van der Waals surface area contributed by atoms with Gasteiger partial charge in [-0.3, -0.25) is 0 Å². The maximum absolute atomic E-state index is 6.10. The quantitative estimate of drug-likeness (QED) is 0.367. The largest absolute Gasteiger partial charge is 0.494 e. The Balaban J connectivity index is 1.30. The fraction of sp³-hybridized carbons (Fsp3) is 0.192. The van der Waals surface area contributed by atoms with Gasteiger partial charge in [-0.15, -0.1) is 0 Å². The van der Waals surface area contributed by atoms with Crippen LogP contribution in [0.2, 0.25) is 0 Å².